The fourth-order valence-electron chi connectivity index (χ4n) is 5.66. The van der Waals surface area contributed by atoms with E-state index in [4.69, 9.17) is 10.0 Å². The van der Waals surface area contributed by atoms with Crippen molar-refractivity contribution in [1.29, 1.82) is 0 Å². The summed E-state index contributed by atoms with van der Waals surface area (Å²) in [5, 5.41) is 16.6. The molecule has 2 aliphatic heterocycles. The molecule has 0 saturated heterocycles. The molecule has 2 nitrogen and oxygen atoms in total. The van der Waals surface area contributed by atoms with Crippen LogP contribution in [0.25, 0.3) is 0 Å². The molecule has 0 aromatic heterocycles. The lowest BCUT2D eigenvalue weighted by Gasteiger charge is -2.19. The molecule has 0 aliphatic carbocycles. The number of hydrogen-bond donors (Lipinski definition) is 0. The van der Waals surface area contributed by atoms with Crippen molar-refractivity contribution in [2.75, 3.05) is 0 Å². The van der Waals surface area contributed by atoms with Gasteiger partial charge in [0, 0.05) is 35.1 Å². The summed E-state index contributed by atoms with van der Waals surface area (Å²) in [5.74, 6) is 0. The molecule has 0 atom stereocenters. The number of fused-ring (bicyclic) bond motifs is 4. The van der Waals surface area contributed by atoms with Gasteiger partial charge in [0.05, 0.1) is 21.8 Å². The molecule has 2 aliphatic rings. The Labute approximate surface area is 264 Å². The molecule has 0 radical (unpaired) electrons. The van der Waals surface area contributed by atoms with Crippen molar-refractivity contribution in [3.05, 3.63) is 180 Å². The van der Waals surface area contributed by atoms with Crippen molar-refractivity contribution >= 4 is 29.2 Å². The van der Waals surface area contributed by atoms with Gasteiger partial charge in [-0.15, -0.1) is 0 Å². The van der Waals surface area contributed by atoms with E-state index >= 15 is 0 Å². The summed E-state index contributed by atoms with van der Waals surface area (Å²) in [7, 11) is -3.08. The van der Waals surface area contributed by atoms with E-state index < -0.39 is 7.40 Å². The van der Waals surface area contributed by atoms with Crippen molar-refractivity contribution in [1.82, 2.24) is 0 Å². The van der Waals surface area contributed by atoms with Crippen molar-refractivity contribution in [3.63, 3.8) is 0 Å². The number of rotatable bonds is 2. The monoisotopic (exact) mass is 612 g/mol. The summed E-state index contributed by atoms with van der Waals surface area (Å²) in [5.41, 5.74) is 5.88. The van der Waals surface area contributed by atoms with E-state index in [0.717, 1.165) is 12.8 Å². The van der Waals surface area contributed by atoms with Gasteiger partial charge in [-0.05, 0) is 48.5 Å². The average molecular weight is 613 g/mol. The van der Waals surface area contributed by atoms with E-state index in [0.29, 0.717) is 0 Å². The van der Waals surface area contributed by atoms with Gasteiger partial charge in [-0.3, -0.25) is 0 Å². The first-order valence-electron chi connectivity index (χ1n) is 14.5. The Morgan fingerprint density at radius 1 is 0.386 bits per heavy atom. The van der Waals surface area contributed by atoms with Crippen LogP contribution in [-0.2, 0) is 34.6 Å². The molecule has 6 aromatic rings. The van der Waals surface area contributed by atoms with Gasteiger partial charge in [-0.25, -0.2) is 0 Å². The third kappa shape index (κ3) is 6.69. The van der Waals surface area contributed by atoms with Crippen LogP contribution in [0.15, 0.2) is 187 Å². The normalized spacial score (nSPS) is 13.0. The number of halogens is 1. The largest absolute Gasteiger partial charge is 0.867 e. The predicted octanol–water partition coefficient (Wildman–Crippen LogP) is 7.03. The predicted molar refractivity (Wildman–Crippen MR) is 175 cm³/mol. The third-order valence-corrected chi connectivity index (χ3v) is 12.3. The van der Waals surface area contributed by atoms with Gasteiger partial charge in [0.1, 0.15) is 7.40 Å². The Balaban J connectivity index is 0.000000139. The van der Waals surface area contributed by atoms with Crippen molar-refractivity contribution in [3.8, 4) is 0 Å². The van der Waals surface area contributed by atoms with Crippen LogP contribution in [0, 0.1) is 0 Å². The van der Waals surface area contributed by atoms with Crippen molar-refractivity contribution in [2.24, 2.45) is 0 Å². The fraction of sp³-hybridized carbons (Fsp3) is 0.0526. The van der Waals surface area contributed by atoms with Gasteiger partial charge in [0.2, 0.25) is 0 Å². The molecule has 0 saturated carbocycles. The Hall–Kier alpha value is -4.07. The first kappa shape index (κ1) is 30.0. The molecule has 216 valence electrons. The highest BCUT2D eigenvalue weighted by Crippen LogP contribution is 2.41. The summed E-state index contributed by atoms with van der Waals surface area (Å²) in [4.78, 5) is 8.75. The van der Waals surface area contributed by atoms with E-state index in [9.17, 15) is 4.32 Å². The zero-order valence-corrected chi connectivity index (χ0v) is 25.6. The summed E-state index contributed by atoms with van der Waals surface area (Å²) in [6.07, 6.45) is 2.12. The summed E-state index contributed by atoms with van der Waals surface area (Å²) < 4.78 is 9.89. The molecule has 0 fully saturated rings. The standard InChI is InChI=1S/2C19H15S.BFO2/c2*1-2-10-17(11-3-1)20-18-12-6-4-8-15(18)14-16-9-5-7-13-19(16)20;2-1(3)4/h2*1-13H,14H2;/q2*+1;-2. The van der Waals surface area contributed by atoms with Crippen molar-refractivity contribution in [2.45, 2.75) is 42.2 Å². The van der Waals surface area contributed by atoms with Crippen molar-refractivity contribution < 1.29 is 14.4 Å². The Bertz CT molecular complexity index is 1610. The van der Waals surface area contributed by atoms with Crippen LogP contribution < -0.4 is 10.0 Å². The van der Waals surface area contributed by atoms with Crippen LogP contribution >= 0.6 is 0 Å². The van der Waals surface area contributed by atoms with Crippen LogP contribution in [0.3, 0.4) is 0 Å². The summed E-state index contributed by atoms with van der Waals surface area (Å²) in [6, 6.07) is 57.3. The number of benzene rings is 6. The second-order valence-corrected chi connectivity index (χ2v) is 14.2. The van der Waals surface area contributed by atoms with Gasteiger partial charge >= 0.3 is 0 Å². The molecule has 0 amide bonds. The van der Waals surface area contributed by atoms with E-state index in [1.807, 2.05) is 0 Å². The second-order valence-electron chi connectivity index (χ2n) is 10.3. The maximum absolute atomic E-state index is 9.89. The van der Waals surface area contributed by atoms with Gasteiger partial charge < -0.3 is 14.4 Å². The zero-order valence-electron chi connectivity index (χ0n) is 24.0. The second kappa shape index (κ2) is 14.1. The smallest absolute Gasteiger partial charge is 0.170 e. The van der Waals surface area contributed by atoms with Gasteiger partial charge in [0.15, 0.2) is 29.4 Å². The van der Waals surface area contributed by atoms with E-state index in [2.05, 4.69) is 158 Å². The lowest BCUT2D eigenvalue weighted by Crippen LogP contribution is -2.39. The molecular weight excluding hydrogens is 582 g/mol. The lowest BCUT2D eigenvalue weighted by atomic mass is 10.0. The molecule has 0 unspecified atom stereocenters. The maximum Gasteiger partial charge on any atom is 0.170 e. The van der Waals surface area contributed by atoms with Crippen LogP contribution in [0.5, 0.6) is 0 Å². The molecule has 0 N–H and O–H groups in total. The highest BCUT2D eigenvalue weighted by Gasteiger charge is 2.37. The first-order valence-corrected chi connectivity index (χ1v) is 16.9. The minimum atomic E-state index is -3.17. The highest BCUT2D eigenvalue weighted by molar-refractivity contribution is 7.97. The summed E-state index contributed by atoms with van der Waals surface area (Å²) in [6.45, 7) is 0. The molecule has 2 heterocycles. The van der Waals surface area contributed by atoms with Gasteiger partial charge in [0.25, 0.3) is 0 Å². The van der Waals surface area contributed by atoms with Crippen LogP contribution in [-0.4, -0.2) is 7.40 Å². The van der Waals surface area contributed by atoms with E-state index in [1.54, 1.807) is 0 Å². The lowest BCUT2D eigenvalue weighted by molar-refractivity contribution is -0.366. The first-order chi connectivity index (χ1) is 21.6. The zero-order chi connectivity index (χ0) is 30.3. The minimum Gasteiger partial charge on any atom is -0.867 e. The Morgan fingerprint density at radius 2 is 0.614 bits per heavy atom. The van der Waals surface area contributed by atoms with Gasteiger partial charge in [-0.2, -0.15) is 0 Å². The third-order valence-electron chi connectivity index (χ3n) is 7.49. The molecule has 6 heteroatoms. The molecule has 0 bridgehead atoms. The fourth-order valence-corrected chi connectivity index (χ4v) is 10.5. The SMILES string of the molecule is [O-]B([O-])F.c1ccc([S+]2c3ccccc3Cc3ccccc32)cc1.c1ccc([S+]2c3ccccc3Cc3ccccc32)cc1. The van der Waals surface area contributed by atoms with E-state index in [-0.39, 0.29) is 21.8 Å². The molecular formula is C38H30BFO2S2. The van der Waals surface area contributed by atoms with E-state index in [1.165, 1.54) is 51.6 Å². The quantitative estimate of drug-likeness (QED) is 0.155. The van der Waals surface area contributed by atoms with Crippen LogP contribution in [0.1, 0.15) is 22.3 Å². The average Bonchev–Trinajstić information content (AvgIpc) is 3.07. The van der Waals surface area contributed by atoms with Crippen LogP contribution in [0.4, 0.5) is 4.32 Å². The Kier molecular flexibility index (Phi) is 9.64. The molecule has 0 spiro atoms. The van der Waals surface area contributed by atoms with Gasteiger partial charge in [-0.1, -0.05) is 109 Å². The van der Waals surface area contributed by atoms with Crippen LogP contribution in [0.2, 0.25) is 0 Å². The highest BCUT2D eigenvalue weighted by atomic mass is 32.2. The number of hydrogen-bond acceptors (Lipinski definition) is 2. The molecule has 6 aromatic carbocycles. The maximum atomic E-state index is 9.89. The minimum absolute atomic E-state index is 0.0421. The topological polar surface area (TPSA) is 46.1 Å². The molecule has 44 heavy (non-hydrogen) atoms. The Morgan fingerprint density at radius 3 is 0.886 bits per heavy atom. The molecule has 8 rings (SSSR count). The summed E-state index contributed by atoms with van der Waals surface area (Å²) >= 11 is 0.